The van der Waals surface area contributed by atoms with Crippen LogP contribution in [-0.2, 0) is 29.1 Å². The van der Waals surface area contributed by atoms with Gasteiger partial charge in [0.2, 0.25) is 21.8 Å². The fraction of sp³-hybridized carbons (Fsp3) is 0.786. The Labute approximate surface area is 238 Å². The van der Waals surface area contributed by atoms with Gasteiger partial charge in [0.05, 0.1) is 5.75 Å². The first-order valence-corrected chi connectivity index (χ1v) is 16.3. The van der Waals surface area contributed by atoms with Gasteiger partial charge in [0.25, 0.3) is 5.91 Å². The highest BCUT2D eigenvalue weighted by atomic mass is 32.2. The van der Waals surface area contributed by atoms with Crippen LogP contribution in [0.15, 0.2) is 12.2 Å². The Morgan fingerprint density at radius 1 is 1.12 bits per heavy atom. The topological polar surface area (TPSA) is 151 Å². The molecule has 0 aromatic rings. The van der Waals surface area contributed by atoms with Gasteiger partial charge in [-0.3, -0.25) is 19.1 Å². The highest BCUT2D eigenvalue weighted by molar-refractivity contribution is 7.90. The largest absolute Gasteiger partial charge is 0.444 e. The third-order valence-electron chi connectivity index (χ3n) is 7.59. The van der Waals surface area contributed by atoms with Crippen molar-refractivity contribution in [2.75, 3.05) is 12.3 Å². The highest BCUT2D eigenvalue weighted by Gasteiger charge is 2.61. The van der Waals surface area contributed by atoms with E-state index in [1.807, 2.05) is 19.1 Å². The van der Waals surface area contributed by atoms with E-state index in [-0.39, 0.29) is 24.0 Å². The van der Waals surface area contributed by atoms with E-state index in [2.05, 4.69) is 15.4 Å². The van der Waals surface area contributed by atoms with Gasteiger partial charge in [-0.2, -0.15) is 0 Å². The van der Waals surface area contributed by atoms with Gasteiger partial charge in [-0.25, -0.2) is 13.2 Å². The summed E-state index contributed by atoms with van der Waals surface area (Å²) in [5.41, 5.74) is -2.11. The summed E-state index contributed by atoms with van der Waals surface area (Å²) >= 11 is 0. The number of rotatable bonds is 7. The summed E-state index contributed by atoms with van der Waals surface area (Å²) in [5, 5.41) is 5.54. The number of allylic oxidation sites excluding steroid dienone is 1. The number of amides is 4. The van der Waals surface area contributed by atoms with Crippen LogP contribution in [0.3, 0.4) is 0 Å². The first-order chi connectivity index (χ1) is 18.8. The van der Waals surface area contributed by atoms with E-state index in [0.717, 1.165) is 32.1 Å². The molecule has 4 unspecified atom stereocenters. The smallest absolute Gasteiger partial charge is 0.408 e. The van der Waals surface area contributed by atoms with Crippen molar-refractivity contribution >= 4 is 33.8 Å². The first kappa shape index (κ1) is 31.9. The fourth-order valence-corrected chi connectivity index (χ4v) is 6.52. The SMILES string of the molecule is CCCCCS(=O)(=O)NC(=O)C12CC1C=CCCCCCC(NC(=O)OC(C)(C)C)C(=O)N1CCCC1C(=O)N2. The van der Waals surface area contributed by atoms with Crippen LogP contribution in [0.1, 0.15) is 98.3 Å². The van der Waals surface area contributed by atoms with E-state index in [9.17, 15) is 27.6 Å². The number of nitrogens with one attached hydrogen (secondary N) is 3. The minimum atomic E-state index is -3.85. The molecule has 1 aliphatic carbocycles. The molecule has 0 bridgehead atoms. The second kappa shape index (κ2) is 13.4. The number of nitrogens with zero attached hydrogens (tertiary/aromatic N) is 1. The Kier molecular flexibility index (Phi) is 10.6. The van der Waals surface area contributed by atoms with E-state index in [1.165, 1.54) is 4.90 Å². The van der Waals surface area contributed by atoms with Crippen molar-refractivity contribution in [3.63, 3.8) is 0 Å². The monoisotopic (exact) mass is 582 g/mol. The molecule has 2 fully saturated rings. The third kappa shape index (κ3) is 8.68. The highest BCUT2D eigenvalue weighted by Crippen LogP contribution is 2.45. The molecule has 4 atom stereocenters. The average molecular weight is 583 g/mol. The van der Waals surface area contributed by atoms with E-state index >= 15 is 0 Å². The Bertz CT molecular complexity index is 1080. The molecule has 0 aromatic heterocycles. The van der Waals surface area contributed by atoms with Gasteiger partial charge in [0, 0.05) is 12.5 Å². The van der Waals surface area contributed by atoms with Crippen LogP contribution in [0.25, 0.3) is 0 Å². The molecule has 3 rings (SSSR count). The lowest BCUT2D eigenvalue weighted by Crippen LogP contribution is -2.58. The summed E-state index contributed by atoms with van der Waals surface area (Å²) in [6.07, 6.45) is 10.0. The zero-order chi connectivity index (χ0) is 29.6. The van der Waals surface area contributed by atoms with Crippen molar-refractivity contribution in [1.29, 1.82) is 0 Å². The summed E-state index contributed by atoms with van der Waals surface area (Å²) in [6.45, 7) is 7.54. The average Bonchev–Trinajstić information content (AvgIpc) is 3.30. The maximum Gasteiger partial charge on any atom is 0.408 e. The number of hydrogen-bond donors (Lipinski definition) is 3. The van der Waals surface area contributed by atoms with Crippen molar-refractivity contribution in [2.45, 2.75) is 122 Å². The van der Waals surface area contributed by atoms with Gasteiger partial charge in [-0.1, -0.05) is 44.8 Å². The zero-order valence-electron chi connectivity index (χ0n) is 24.3. The molecule has 0 spiro atoms. The molecule has 0 radical (unpaired) electrons. The Hall–Kier alpha value is -2.63. The van der Waals surface area contributed by atoms with Crippen molar-refractivity contribution in [3.8, 4) is 0 Å². The number of carbonyl (C=O) groups is 4. The Morgan fingerprint density at radius 3 is 2.58 bits per heavy atom. The lowest BCUT2D eigenvalue weighted by Gasteiger charge is -2.30. The van der Waals surface area contributed by atoms with Crippen LogP contribution < -0.4 is 15.4 Å². The van der Waals surface area contributed by atoms with Gasteiger partial charge in [-0.15, -0.1) is 0 Å². The minimum absolute atomic E-state index is 0.159. The van der Waals surface area contributed by atoms with Crippen molar-refractivity contribution in [1.82, 2.24) is 20.3 Å². The van der Waals surface area contributed by atoms with Gasteiger partial charge < -0.3 is 20.3 Å². The molecule has 3 N–H and O–H groups in total. The summed E-state index contributed by atoms with van der Waals surface area (Å²) in [7, 11) is -3.85. The van der Waals surface area contributed by atoms with E-state index in [4.69, 9.17) is 4.74 Å². The van der Waals surface area contributed by atoms with Crippen molar-refractivity contribution < 1.29 is 32.3 Å². The number of carbonyl (C=O) groups excluding carboxylic acids is 4. The summed E-state index contributed by atoms with van der Waals surface area (Å²) < 4.78 is 32.7. The molecular weight excluding hydrogens is 536 g/mol. The summed E-state index contributed by atoms with van der Waals surface area (Å²) in [6, 6.07) is -1.67. The lowest BCUT2D eigenvalue weighted by atomic mass is 10.0. The fourth-order valence-electron chi connectivity index (χ4n) is 5.37. The molecule has 0 aromatic carbocycles. The number of ether oxygens (including phenoxy) is 1. The van der Waals surface area contributed by atoms with Crippen molar-refractivity contribution in [3.05, 3.63) is 12.2 Å². The summed E-state index contributed by atoms with van der Waals surface area (Å²) in [4.78, 5) is 54.5. The molecule has 40 heavy (non-hydrogen) atoms. The van der Waals surface area contributed by atoms with Crippen molar-refractivity contribution in [2.24, 2.45) is 5.92 Å². The quantitative estimate of drug-likeness (QED) is 0.308. The lowest BCUT2D eigenvalue weighted by molar-refractivity contribution is -0.141. The maximum absolute atomic E-state index is 13.6. The first-order valence-electron chi connectivity index (χ1n) is 14.6. The third-order valence-corrected chi connectivity index (χ3v) is 8.91. The van der Waals surface area contributed by atoms with Gasteiger partial charge in [0.1, 0.15) is 23.2 Å². The normalized spacial score (nSPS) is 27.9. The molecule has 12 heteroatoms. The van der Waals surface area contributed by atoms with Crippen LogP contribution in [-0.4, -0.2) is 72.7 Å². The molecule has 11 nitrogen and oxygen atoms in total. The van der Waals surface area contributed by atoms with Gasteiger partial charge in [-0.05, 0) is 65.7 Å². The van der Waals surface area contributed by atoms with Crippen LogP contribution in [0, 0.1) is 5.92 Å². The summed E-state index contributed by atoms with van der Waals surface area (Å²) in [5.74, 6) is -2.09. The van der Waals surface area contributed by atoms with Crippen LogP contribution in [0.4, 0.5) is 4.79 Å². The van der Waals surface area contributed by atoms with E-state index in [0.29, 0.717) is 38.6 Å². The predicted molar refractivity (Wildman–Crippen MR) is 151 cm³/mol. The maximum atomic E-state index is 13.6. The standard InChI is InChI=1S/C28H46N4O7S/c1-5-6-12-18-40(37,38)31-25(35)28-19-20(28)14-10-8-7-9-11-15-21(29-26(36)39-27(2,3)4)24(34)32-17-13-16-22(32)23(33)30-28/h10,14,20-22H,5-9,11-13,15-19H2,1-4H3,(H,29,36)(H,30,33)(H,31,35). The molecule has 3 aliphatic rings. The van der Waals surface area contributed by atoms with Gasteiger partial charge in [0.15, 0.2) is 0 Å². The number of hydrogen-bond acceptors (Lipinski definition) is 7. The van der Waals surface area contributed by atoms with Crippen LogP contribution in [0.5, 0.6) is 0 Å². The molecule has 226 valence electrons. The van der Waals surface area contributed by atoms with Gasteiger partial charge >= 0.3 is 6.09 Å². The second-order valence-electron chi connectivity index (χ2n) is 12.2. The molecular formula is C28H46N4O7S. The molecule has 1 saturated heterocycles. The van der Waals surface area contributed by atoms with Crippen LogP contribution in [0.2, 0.25) is 0 Å². The Morgan fingerprint density at radius 2 is 1.88 bits per heavy atom. The number of sulfonamides is 1. The number of unbranched alkanes of at least 4 members (excludes halogenated alkanes) is 2. The zero-order valence-corrected chi connectivity index (χ0v) is 25.1. The molecule has 4 amide bonds. The predicted octanol–water partition coefficient (Wildman–Crippen LogP) is 2.90. The number of alkyl carbamates (subject to hydrolysis) is 1. The second-order valence-corrected chi connectivity index (χ2v) is 14.0. The van der Waals surface area contributed by atoms with E-state index in [1.54, 1.807) is 20.8 Å². The van der Waals surface area contributed by atoms with E-state index < -0.39 is 51.2 Å². The molecule has 1 saturated carbocycles. The minimum Gasteiger partial charge on any atom is -0.444 e. The molecule has 2 aliphatic heterocycles. The molecule has 2 heterocycles. The number of fused-ring (bicyclic) bond motifs is 2. The van der Waals surface area contributed by atoms with Crippen LogP contribution >= 0.6 is 0 Å². The Balaban J connectivity index is 1.80.